The van der Waals surface area contributed by atoms with Crippen LogP contribution < -0.4 is 10.6 Å². The second-order valence-corrected chi connectivity index (χ2v) is 6.30. The summed E-state index contributed by atoms with van der Waals surface area (Å²) < 4.78 is 0. The van der Waals surface area contributed by atoms with Crippen LogP contribution in [-0.2, 0) is 11.3 Å². The molecule has 0 saturated carbocycles. The maximum Gasteiger partial charge on any atom is 0.251 e. The minimum absolute atomic E-state index is 0.105. The number of nitrogens with zero attached hydrogens (tertiary/aromatic N) is 1. The Hall–Kier alpha value is -2.37. The number of anilines is 1. The molecule has 6 heteroatoms. The SMILES string of the molecule is CNC(=O)c1ccc(CN(C)[C@@H](C)C(=O)Nc2cccc(Cl)c2)cc1. The average Bonchev–Trinajstić information content (AvgIpc) is 2.61. The molecule has 0 unspecified atom stereocenters. The van der Waals surface area contributed by atoms with E-state index in [0.29, 0.717) is 22.8 Å². The Balaban J connectivity index is 1.96. The topological polar surface area (TPSA) is 61.4 Å². The highest BCUT2D eigenvalue weighted by Crippen LogP contribution is 2.16. The van der Waals surface area contributed by atoms with Crippen molar-refractivity contribution in [3.05, 3.63) is 64.7 Å². The van der Waals surface area contributed by atoms with Crippen molar-refractivity contribution < 1.29 is 9.59 Å². The van der Waals surface area contributed by atoms with Gasteiger partial charge in [-0.2, -0.15) is 0 Å². The predicted octanol–water partition coefficient (Wildman–Crippen LogP) is 3.16. The third kappa shape index (κ3) is 5.31. The number of carbonyl (C=O) groups is 2. The minimum Gasteiger partial charge on any atom is -0.355 e. The van der Waals surface area contributed by atoms with Gasteiger partial charge in [-0.1, -0.05) is 29.8 Å². The monoisotopic (exact) mass is 359 g/mol. The van der Waals surface area contributed by atoms with Crippen LogP contribution in [0.4, 0.5) is 5.69 Å². The van der Waals surface area contributed by atoms with Crippen molar-refractivity contribution in [2.75, 3.05) is 19.4 Å². The lowest BCUT2D eigenvalue weighted by Gasteiger charge is -2.24. The normalized spacial score (nSPS) is 11.9. The molecule has 2 aromatic carbocycles. The molecular formula is C19H22ClN3O2. The van der Waals surface area contributed by atoms with E-state index in [2.05, 4.69) is 10.6 Å². The highest BCUT2D eigenvalue weighted by molar-refractivity contribution is 6.30. The van der Waals surface area contributed by atoms with Crippen LogP contribution in [0.25, 0.3) is 0 Å². The molecule has 1 atom stereocenters. The second-order valence-electron chi connectivity index (χ2n) is 5.87. The molecule has 0 heterocycles. The first-order valence-electron chi connectivity index (χ1n) is 7.98. The van der Waals surface area contributed by atoms with Crippen LogP contribution in [0.3, 0.4) is 0 Å². The van der Waals surface area contributed by atoms with Gasteiger partial charge in [-0.05, 0) is 49.9 Å². The fourth-order valence-corrected chi connectivity index (χ4v) is 2.53. The first-order valence-corrected chi connectivity index (χ1v) is 8.36. The lowest BCUT2D eigenvalue weighted by atomic mass is 10.1. The fraction of sp³-hybridized carbons (Fsp3) is 0.263. The first kappa shape index (κ1) is 19.0. The second kappa shape index (κ2) is 8.65. The van der Waals surface area contributed by atoms with Crippen LogP contribution >= 0.6 is 11.6 Å². The first-order chi connectivity index (χ1) is 11.9. The zero-order valence-electron chi connectivity index (χ0n) is 14.5. The van der Waals surface area contributed by atoms with Crippen molar-refractivity contribution in [3.63, 3.8) is 0 Å². The molecule has 0 aliphatic carbocycles. The third-order valence-electron chi connectivity index (χ3n) is 4.01. The quantitative estimate of drug-likeness (QED) is 0.832. The molecule has 0 bridgehead atoms. The predicted molar refractivity (Wildman–Crippen MR) is 101 cm³/mol. The van der Waals surface area contributed by atoms with E-state index < -0.39 is 0 Å². The number of hydrogen-bond donors (Lipinski definition) is 2. The molecule has 0 fully saturated rings. The Morgan fingerprint density at radius 3 is 2.44 bits per heavy atom. The molecule has 2 N–H and O–H groups in total. The van der Waals surface area contributed by atoms with Gasteiger partial charge in [-0.25, -0.2) is 0 Å². The summed E-state index contributed by atoms with van der Waals surface area (Å²) in [6.45, 7) is 2.44. The molecule has 2 rings (SSSR count). The zero-order valence-corrected chi connectivity index (χ0v) is 15.3. The van der Waals surface area contributed by atoms with E-state index in [-0.39, 0.29) is 17.9 Å². The van der Waals surface area contributed by atoms with E-state index in [1.54, 1.807) is 43.4 Å². The molecular weight excluding hydrogens is 338 g/mol. The summed E-state index contributed by atoms with van der Waals surface area (Å²) in [4.78, 5) is 25.9. The maximum atomic E-state index is 12.4. The van der Waals surface area contributed by atoms with E-state index >= 15 is 0 Å². The standard InChI is InChI=1S/C19H22ClN3O2/c1-13(18(24)22-17-6-4-5-16(20)11-17)23(3)12-14-7-9-15(10-8-14)19(25)21-2/h4-11,13H,12H2,1-3H3,(H,21,25)(H,22,24)/t13-/m0/s1. The maximum absolute atomic E-state index is 12.4. The number of benzene rings is 2. The van der Waals surface area contributed by atoms with Crippen LogP contribution in [0.5, 0.6) is 0 Å². The van der Waals surface area contributed by atoms with Gasteiger partial charge in [0.1, 0.15) is 0 Å². The molecule has 0 radical (unpaired) electrons. The van der Waals surface area contributed by atoms with Crippen LogP contribution in [0, 0.1) is 0 Å². The van der Waals surface area contributed by atoms with E-state index in [1.165, 1.54) is 0 Å². The molecule has 0 spiro atoms. The number of rotatable bonds is 6. The van der Waals surface area contributed by atoms with Crippen molar-refractivity contribution in [1.29, 1.82) is 0 Å². The van der Waals surface area contributed by atoms with Gasteiger partial charge in [0.15, 0.2) is 0 Å². The molecule has 0 aliphatic rings. The van der Waals surface area contributed by atoms with Crippen molar-refractivity contribution >= 4 is 29.1 Å². The summed E-state index contributed by atoms with van der Waals surface area (Å²) in [5.41, 5.74) is 2.31. The average molecular weight is 360 g/mol. The highest BCUT2D eigenvalue weighted by Gasteiger charge is 2.18. The minimum atomic E-state index is -0.322. The van der Waals surface area contributed by atoms with E-state index in [4.69, 9.17) is 11.6 Å². The van der Waals surface area contributed by atoms with Gasteiger partial charge in [-0.3, -0.25) is 14.5 Å². The molecule has 2 aromatic rings. The number of hydrogen-bond acceptors (Lipinski definition) is 3. The largest absolute Gasteiger partial charge is 0.355 e. The molecule has 0 aliphatic heterocycles. The molecule has 5 nitrogen and oxygen atoms in total. The zero-order chi connectivity index (χ0) is 18.4. The number of nitrogens with one attached hydrogen (secondary N) is 2. The Labute approximate surface area is 153 Å². The Bertz CT molecular complexity index is 747. The summed E-state index contributed by atoms with van der Waals surface area (Å²) in [7, 11) is 3.49. The molecule has 0 aromatic heterocycles. The van der Waals surface area contributed by atoms with Gasteiger partial charge in [0, 0.05) is 29.9 Å². The lowest BCUT2D eigenvalue weighted by Crippen LogP contribution is -2.39. The Kier molecular flexibility index (Phi) is 6.56. The summed E-state index contributed by atoms with van der Waals surface area (Å²) in [6, 6.07) is 14.1. The van der Waals surface area contributed by atoms with Crippen molar-refractivity contribution in [2.45, 2.75) is 19.5 Å². The fourth-order valence-electron chi connectivity index (χ4n) is 2.34. The van der Waals surface area contributed by atoms with E-state index in [9.17, 15) is 9.59 Å². The van der Waals surface area contributed by atoms with Gasteiger partial charge in [-0.15, -0.1) is 0 Å². The molecule has 25 heavy (non-hydrogen) atoms. The highest BCUT2D eigenvalue weighted by atomic mass is 35.5. The number of amides is 2. The summed E-state index contributed by atoms with van der Waals surface area (Å²) >= 11 is 5.93. The summed E-state index contributed by atoms with van der Waals surface area (Å²) in [5, 5.41) is 6.03. The van der Waals surface area contributed by atoms with Crippen LogP contribution in [-0.4, -0.2) is 36.9 Å². The van der Waals surface area contributed by atoms with Crippen LogP contribution in [0.1, 0.15) is 22.8 Å². The number of likely N-dealkylation sites (N-methyl/N-ethyl adjacent to an activating group) is 1. The van der Waals surface area contributed by atoms with Crippen LogP contribution in [0.15, 0.2) is 48.5 Å². The van der Waals surface area contributed by atoms with Crippen molar-refractivity contribution in [3.8, 4) is 0 Å². The van der Waals surface area contributed by atoms with Gasteiger partial charge in [0.2, 0.25) is 5.91 Å². The Morgan fingerprint density at radius 2 is 1.84 bits per heavy atom. The van der Waals surface area contributed by atoms with Crippen LogP contribution in [0.2, 0.25) is 5.02 Å². The molecule has 2 amide bonds. The van der Waals surface area contributed by atoms with Gasteiger partial charge < -0.3 is 10.6 Å². The summed E-state index contributed by atoms with van der Waals surface area (Å²) in [6.07, 6.45) is 0. The molecule has 132 valence electrons. The smallest absolute Gasteiger partial charge is 0.251 e. The lowest BCUT2D eigenvalue weighted by molar-refractivity contribution is -0.120. The summed E-state index contributed by atoms with van der Waals surface area (Å²) in [5.74, 6) is -0.221. The van der Waals surface area contributed by atoms with Crippen molar-refractivity contribution in [2.24, 2.45) is 0 Å². The van der Waals surface area contributed by atoms with Gasteiger partial charge in [0.05, 0.1) is 6.04 Å². The van der Waals surface area contributed by atoms with Crippen molar-refractivity contribution in [1.82, 2.24) is 10.2 Å². The van der Waals surface area contributed by atoms with E-state index in [0.717, 1.165) is 5.56 Å². The van der Waals surface area contributed by atoms with Gasteiger partial charge in [0.25, 0.3) is 5.91 Å². The number of halogens is 1. The number of carbonyl (C=O) groups excluding carboxylic acids is 2. The van der Waals surface area contributed by atoms with Gasteiger partial charge >= 0.3 is 0 Å². The Morgan fingerprint density at radius 1 is 1.16 bits per heavy atom. The molecule has 0 saturated heterocycles. The van der Waals surface area contributed by atoms with E-state index in [1.807, 2.05) is 31.0 Å². The third-order valence-corrected chi connectivity index (χ3v) is 4.24.